The maximum atomic E-state index is 12.4. The molecule has 1 aromatic rings. The van der Waals surface area contributed by atoms with E-state index in [0.717, 1.165) is 44.3 Å². The Labute approximate surface area is 182 Å². The largest absolute Gasteiger partial charge is 0.326 e. The van der Waals surface area contributed by atoms with Crippen molar-refractivity contribution >= 4 is 18.0 Å². The van der Waals surface area contributed by atoms with E-state index in [1.165, 1.54) is 5.57 Å². The number of rotatable bonds is 8. The van der Waals surface area contributed by atoms with Gasteiger partial charge in [-0.15, -0.1) is 0 Å². The predicted molar refractivity (Wildman–Crippen MR) is 127 cm³/mol. The lowest BCUT2D eigenvalue weighted by Gasteiger charge is -2.34. The lowest BCUT2D eigenvalue weighted by Crippen LogP contribution is -2.41. The summed E-state index contributed by atoms with van der Waals surface area (Å²) in [5.41, 5.74) is 3.34. The van der Waals surface area contributed by atoms with Crippen molar-refractivity contribution in [1.29, 1.82) is 0 Å². The number of amides is 2. The number of carbonyl (C=O) groups excluding carboxylic acids is 2. The minimum atomic E-state index is -0.207. The number of para-hydroxylation sites is 1. The highest BCUT2D eigenvalue weighted by atomic mass is 16.2. The van der Waals surface area contributed by atoms with Gasteiger partial charge in [0.15, 0.2) is 6.29 Å². The number of hydrogen-bond acceptors (Lipinski definition) is 3. The number of urea groups is 1. The van der Waals surface area contributed by atoms with Crippen molar-refractivity contribution in [1.82, 2.24) is 9.80 Å². The van der Waals surface area contributed by atoms with E-state index in [-0.39, 0.29) is 6.03 Å². The number of nitrogens with zero attached hydrogens (tertiary/aromatic N) is 2. The van der Waals surface area contributed by atoms with E-state index < -0.39 is 0 Å². The van der Waals surface area contributed by atoms with E-state index in [1.54, 1.807) is 36.2 Å². The molecule has 1 saturated heterocycles. The Hall–Kier alpha value is -2.66. The number of likely N-dealkylation sites (N-methyl/N-ethyl adjacent to an activating group) is 1. The first kappa shape index (κ1) is 25.4. The quantitative estimate of drug-likeness (QED) is 0.461. The summed E-state index contributed by atoms with van der Waals surface area (Å²) in [6.07, 6.45) is 6.85. The van der Waals surface area contributed by atoms with Gasteiger partial charge in [0.05, 0.1) is 5.69 Å². The van der Waals surface area contributed by atoms with Gasteiger partial charge in [-0.05, 0) is 62.1 Å². The first-order chi connectivity index (χ1) is 14.5. The molecule has 1 aliphatic rings. The molecule has 164 valence electrons. The van der Waals surface area contributed by atoms with Crippen LogP contribution >= 0.6 is 0 Å². The Morgan fingerprint density at radius 3 is 2.47 bits per heavy atom. The molecule has 2 rings (SSSR count). The van der Waals surface area contributed by atoms with Gasteiger partial charge in [0.2, 0.25) is 0 Å². The third kappa shape index (κ3) is 7.30. The average Bonchev–Trinajstić information content (AvgIpc) is 2.80. The molecule has 0 aromatic heterocycles. The second kappa shape index (κ2) is 13.5. The summed E-state index contributed by atoms with van der Waals surface area (Å²) in [5, 5.41) is 2.81. The van der Waals surface area contributed by atoms with E-state index in [4.69, 9.17) is 0 Å². The van der Waals surface area contributed by atoms with Crippen molar-refractivity contribution in [3.63, 3.8) is 0 Å². The number of benzene rings is 1. The molecular formula is C25H37N3O2. The minimum Gasteiger partial charge on any atom is -0.326 e. The number of likely N-dealkylation sites (tertiary alicyclic amines) is 1. The maximum absolute atomic E-state index is 12.4. The van der Waals surface area contributed by atoms with Crippen LogP contribution in [0.1, 0.15) is 44.0 Å². The van der Waals surface area contributed by atoms with Crippen molar-refractivity contribution in [3.8, 4) is 0 Å². The molecular weight excluding hydrogens is 374 g/mol. The molecule has 5 heteroatoms. The third-order valence-electron chi connectivity index (χ3n) is 5.41. The fourth-order valence-electron chi connectivity index (χ4n) is 3.49. The van der Waals surface area contributed by atoms with Crippen LogP contribution in [0.5, 0.6) is 0 Å². The zero-order valence-corrected chi connectivity index (χ0v) is 19.0. The van der Waals surface area contributed by atoms with E-state index in [1.807, 2.05) is 26.8 Å². The normalized spacial score (nSPS) is 14.9. The van der Waals surface area contributed by atoms with Gasteiger partial charge in [-0.25, -0.2) is 4.79 Å². The monoisotopic (exact) mass is 411 g/mol. The number of aldehydes is 1. The van der Waals surface area contributed by atoms with Crippen molar-refractivity contribution in [2.24, 2.45) is 5.92 Å². The minimum absolute atomic E-state index is 0.207. The van der Waals surface area contributed by atoms with Crippen LogP contribution in [0.25, 0.3) is 0 Å². The van der Waals surface area contributed by atoms with E-state index in [2.05, 4.69) is 29.5 Å². The Morgan fingerprint density at radius 1 is 1.27 bits per heavy atom. The van der Waals surface area contributed by atoms with E-state index >= 15 is 0 Å². The van der Waals surface area contributed by atoms with Gasteiger partial charge in [0.1, 0.15) is 0 Å². The molecule has 0 aliphatic carbocycles. The molecule has 0 atom stereocenters. The van der Waals surface area contributed by atoms with Crippen molar-refractivity contribution < 1.29 is 9.59 Å². The summed E-state index contributed by atoms with van der Waals surface area (Å²) >= 11 is 0. The van der Waals surface area contributed by atoms with Gasteiger partial charge < -0.3 is 15.1 Å². The van der Waals surface area contributed by atoms with Gasteiger partial charge in [-0.2, -0.15) is 0 Å². The molecule has 0 radical (unpaired) electrons. The van der Waals surface area contributed by atoms with Crippen LogP contribution in [0.3, 0.4) is 0 Å². The van der Waals surface area contributed by atoms with Gasteiger partial charge in [-0.1, -0.05) is 51.3 Å². The summed E-state index contributed by atoms with van der Waals surface area (Å²) in [6.45, 7) is 17.6. The smallest absolute Gasteiger partial charge is 0.321 e. The molecule has 5 nitrogen and oxygen atoms in total. The van der Waals surface area contributed by atoms with Crippen LogP contribution in [0.2, 0.25) is 0 Å². The Bertz CT molecular complexity index is 747. The van der Waals surface area contributed by atoms with Crippen LogP contribution < -0.4 is 5.32 Å². The maximum Gasteiger partial charge on any atom is 0.321 e. The SMILES string of the molecule is C=C/C(=C\C)C(=C)C1CCN(CCN(C)C(=O)Nc2ccccc2C=O)CC1.CC. The molecule has 1 aromatic carbocycles. The zero-order chi connectivity index (χ0) is 22.5. The predicted octanol–water partition coefficient (Wildman–Crippen LogP) is 5.39. The molecule has 1 fully saturated rings. The number of piperidine rings is 1. The van der Waals surface area contributed by atoms with Crippen LogP contribution in [-0.2, 0) is 0 Å². The molecule has 0 saturated carbocycles. The molecule has 1 heterocycles. The molecule has 0 spiro atoms. The van der Waals surface area contributed by atoms with Crippen molar-refractivity contribution in [3.05, 3.63) is 66.3 Å². The second-order valence-electron chi connectivity index (χ2n) is 7.15. The van der Waals surface area contributed by atoms with Gasteiger partial charge in [0.25, 0.3) is 0 Å². The van der Waals surface area contributed by atoms with Crippen LogP contribution in [-0.4, -0.2) is 55.3 Å². The average molecular weight is 412 g/mol. The van der Waals surface area contributed by atoms with Crippen LogP contribution in [0.15, 0.2) is 60.7 Å². The molecule has 1 aliphatic heterocycles. The van der Waals surface area contributed by atoms with Crippen molar-refractivity contribution in [2.75, 3.05) is 38.5 Å². The lowest BCUT2D eigenvalue weighted by atomic mass is 9.86. The molecule has 30 heavy (non-hydrogen) atoms. The number of anilines is 1. The fraction of sp³-hybridized carbons (Fsp3) is 0.440. The highest BCUT2D eigenvalue weighted by molar-refractivity contribution is 5.95. The number of carbonyl (C=O) groups is 2. The standard InChI is InChI=1S/C23H31N3O2.C2H6/c1-5-19(6-2)18(3)20-11-13-26(14-12-20)16-15-25(4)23(28)24-22-10-8-7-9-21(22)17-27;1-2/h5-10,17,20H,1,3,11-16H2,2,4H3,(H,24,28);1-2H3/b19-6+;. The summed E-state index contributed by atoms with van der Waals surface area (Å²) in [7, 11) is 1.77. The fourth-order valence-corrected chi connectivity index (χ4v) is 3.49. The summed E-state index contributed by atoms with van der Waals surface area (Å²) < 4.78 is 0. The van der Waals surface area contributed by atoms with Crippen molar-refractivity contribution in [2.45, 2.75) is 33.6 Å². The van der Waals surface area contributed by atoms with Gasteiger partial charge in [-0.3, -0.25) is 4.79 Å². The van der Waals surface area contributed by atoms with E-state index in [9.17, 15) is 9.59 Å². The zero-order valence-electron chi connectivity index (χ0n) is 19.0. The number of allylic oxidation sites excluding steroid dienone is 4. The van der Waals surface area contributed by atoms with Gasteiger partial charge >= 0.3 is 6.03 Å². The number of hydrogen-bond donors (Lipinski definition) is 1. The van der Waals surface area contributed by atoms with Crippen LogP contribution in [0, 0.1) is 5.92 Å². The molecule has 1 N–H and O–H groups in total. The highest BCUT2D eigenvalue weighted by Crippen LogP contribution is 2.28. The summed E-state index contributed by atoms with van der Waals surface area (Å²) in [4.78, 5) is 27.5. The van der Waals surface area contributed by atoms with Gasteiger partial charge in [0, 0.05) is 25.7 Å². The highest BCUT2D eigenvalue weighted by Gasteiger charge is 2.22. The lowest BCUT2D eigenvalue weighted by molar-refractivity contribution is 0.112. The molecule has 2 amide bonds. The first-order valence-electron chi connectivity index (χ1n) is 10.8. The Kier molecular flexibility index (Phi) is 11.5. The summed E-state index contributed by atoms with van der Waals surface area (Å²) in [6, 6.07) is 6.78. The Balaban J connectivity index is 0.00000218. The van der Waals surface area contributed by atoms with E-state index in [0.29, 0.717) is 23.7 Å². The molecule has 0 bridgehead atoms. The first-order valence-corrected chi connectivity index (χ1v) is 10.8. The third-order valence-corrected chi connectivity index (χ3v) is 5.41. The van der Waals surface area contributed by atoms with Crippen LogP contribution in [0.4, 0.5) is 10.5 Å². The molecule has 0 unspecified atom stereocenters. The second-order valence-corrected chi connectivity index (χ2v) is 7.15. The number of nitrogens with one attached hydrogen (secondary N) is 1. The topological polar surface area (TPSA) is 52.6 Å². The summed E-state index contributed by atoms with van der Waals surface area (Å²) in [5.74, 6) is 0.501. The Morgan fingerprint density at radius 2 is 1.90 bits per heavy atom.